The summed E-state index contributed by atoms with van der Waals surface area (Å²) in [6.07, 6.45) is 8.26. The summed E-state index contributed by atoms with van der Waals surface area (Å²) in [4.78, 5) is 27.1. The van der Waals surface area contributed by atoms with Gasteiger partial charge in [0.05, 0.1) is 29.4 Å². The van der Waals surface area contributed by atoms with Crippen molar-refractivity contribution in [3.05, 3.63) is 65.9 Å². The van der Waals surface area contributed by atoms with Crippen molar-refractivity contribution in [1.82, 2.24) is 14.7 Å². The van der Waals surface area contributed by atoms with E-state index in [1.54, 1.807) is 13.2 Å². The number of benzene rings is 2. The lowest BCUT2D eigenvalue weighted by Gasteiger charge is -2.31. The lowest BCUT2D eigenvalue weighted by molar-refractivity contribution is -0.127. The van der Waals surface area contributed by atoms with Crippen molar-refractivity contribution in [2.45, 2.75) is 52.2 Å². The number of ether oxygens (including phenoxy) is 2. The van der Waals surface area contributed by atoms with Crippen LogP contribution in [0.1, 0.15) is 54.7 Å². The molecule has 0 radical (unpaired) electrons. The monoisotopic (exact) mass is 528 g/mol. The summed E-state index contributed by atoms with van der Waals surface area (Å²) in [6.45, 7) is 11.9. The highest BCUT2D eigenvalue weighted by Crippen LogP contribution is 2.39. The van der Waals surface area contributed by atoms with Gasteiger partial charge in [0, 0.05) is 30.7 Å². The fourth-order valence-electron chi connectivity index (χ4n) is 5.49. The molecule has 0 bridgehead atoms. The highest BCUT2D eigenvalue weighted by atomic mass is 16.5. The number of amides is 2. The van der Waals surface area contributed by atoms with Crippen LogP contribution in [-0.2, 0) is 11.3 Å². The molecule has 1 N–H and O–H groups in total. The van der Waals surface area contributed by atoms with E-state index < -0.39 is 5.60 Å². The third-order valence-corrected chi connectivity index (χ3v) is 7.67. The number of nitrogens with zero attached hydrogens (tertiary/aromatic N) is 3. The van der Waals surface area contributed by atoms with Gasteiger partial charge in [0.1, 0.15) is 17.1 Å². The van der Waals surface area contributed by atoms with E-state index in [1.807, 2.05) is 66.8 Å². The van der Waals surface area contributed by atoms with E-state index in [9.17, 15) is 9.59 Å². The third kappa shape index (κ3) is 5.41. The zero-order valence-corrected chi connectivity index (χ0v) is 23.1. The number of nitrogens with one attached hydrogen (secondary N) is 1. The smallest absolute Gasteiger partial charge is 0.259 e. The lowest BCUT2D eigenvalue weighted by Crippen LogP contribution is -2.37. The highest BCUT2D eigenvalue weighted by Gasteiger charge is 2.27. The Balaban J connectivity index is 1.31. The molecule has 0 aliphatic carbocycles. The second-order valence-electron chi connectivity index (χ2n) is 10.9. The fourth-order valence-corrected chi connectivity index (χ4v) is 5.49. The molecule has 0 spiro atoms. The van der Waals surface area contributed by atoms with Gasteiger partial charge in [0.15, 0.2) is 0 Å². The van der Waals surface area contributed by atoms with E-state index in [4.69, 9.17) is 14.6 Å². The van der Waals surface area contributed by atoms with Gasteiger partial charge in [-0.3, -0.25) is 14.3 Å². The number of likely N-dealkylation sites (tertiary alicyclic amines) is 1. The number of carbonyl (C=O) groups excluding carboxylic acids is 2. The molecule has 5 rings (SSSR count). The van der Waals surface area contributed by atoms with Crippen molar-refractivity contribution in [3.8, 4) is 11.5 Å². The molecule has 2 aromatic carbocycles. The molecule has 1 saturated heterocycles. The number of hydrogen-bond donors (Lipinski definition) is 1. The molecule has 8 nitrogen and oxygen atoms in total. The van der Waals surface area contributed by atoms with Crippen LogP contribution in [0.15, 0.2) is 49.1 Å². The van der Waals surface area contributed by atoms with Crippen molar-refractivity contribution in [2.75, 3.05) is 25.5 Å². The van der Waals surface area contributed by atoms with Crippen molar-refractivity contribution >= 4 is 34.5 Å². The number of aromatic nitrogens is 2. The Bertz CT molecular complexity index is 1460. The third-order valence-electron chi connectivity index (χ3n) is 7.67. The minimum atomic E-state index is -0.417. The molecule has 204 valence electrons. The summed E-state index contributed by atoms with van der Waals surface area (Å²) in [5, 5.41) is 8.89. The Morgan fingerprint density at radius 1 is 1.23 bits per heavy atom. The van der Waals surface area contributed by atoms with Gasteiger partial charge in [-0.05, 0) is 94.5 Å². The van der Waals surface area contributed by atoms with Crippen LogP contribution >= 0.6 is 0 Å². The van der Waals surface area contributed by atoms with Gasteiger partial charge in [-0.1, -0.05) is 6.58 Å². The Morgan fingerprint density at radius 3 is 2.72 bits per heavy atom. The maximum atomic E-state index is 13.3. The molecule has 2 aliphatic heterocycles. The predicted octanol–water partition coefficient (Wildman–Crippen LogP) is 5.60. The number of fused-ring (bicyclic) bond motifs is 2. The Labute approximate surface area is 229 Å². The minimum Gasteiger partial charge on any atom is -0.495 e. The average Bonchev–Trinajstić information content (AvgIpc) is 3.24. The molecule has 1 aromatic heterocycles. The maximum Gasteiger partial charge on any atom is 0.259 e. The second kappa shape index (κ2) is 10.6. The first kappa shape index (κ1) is 26.5. The Morgan fingerprint density at radius 2 is 2.00 bits per heavy atom. The van der Waals surface area contributed by atoms with E-state index in [0.29, 0.717) is 28.7 Å². The van der Waals surface area contributed by atoms with Gasteiger partial charge in [-0.15, -0.1) is 0 Å². The van der Waals surface area contributed by atoms with Gasteiger partial charge in [-0.25, -0.2) is 0 Å². The van der Waals surface area contributed by atoms with Crippen LogP contribution in [0.2, 0.25) is 0 Å². The molecule has 0 atom stereocenters. The molecule has 3 aromatic rings. The van der Waals surface area contributed by atoms with Crippen LogP contribution in [-0.4, -0.2) is 52.3 Å². The number of carbonyl (C=O) groups is 2. The zero-order chi connectivity index (χ0) is 27.7. The number of aryl methyl sites for hydroxylation is 2. The summed E-state index contributed by atoms with van der Waals surface area (Å²) in [5.41, 5.74) is 3.42. The number of piperidine rings is 1. The number of rotatable bonds is 7. The van der Waals surface area contributed by atoms with Crippen molar-refractivity contribution < 1.29 is 19.1 Å². The van der Waals surface area contributed by atoms with Crippen LogP contribution in [0.3, 0.4) is 0 Å². The van der Waals surface area contributed by atoms with E-state index >= 15 is 0 Å². The van der Waals surface area contributed by atoms with Gasteiger partial charge in [0.2, 0.25) is 5.91 Å². The first-order chi connectivity index (χ1) is 18.7. The maximum absolute atomic E-state index is 13.3. The quantitative estimate of drug-likeness (QED) is 0.403. The molecule has 3 heterocycles. The molecule has 0 unspecified atom stereocenters. The predicted molar refractivity (Wildman–Crippen MR) is 153 cm³/mol. The molecule has 2 amide bonds. The van der Waals surface area contributed by atoms with E-state index in [2.05, 4.69) is 11.9 Å². The van der Waals surface area contributed by atoms with E-state index in [1.165, 1.54) is 6.08 Å². The molecule has 2 aliphatic rings. The SMILES string of the molecule is C=CC(=O)N1CCC(CCn2nc(C)c3ccc(NC(=O)c4ccc5c(c4OC)C=CC(C)(C)O5)cc32)CC1. The van der Waals surface area contributed by atoms with Gasteiger partial charge >= 0.3 is 0 Å². The number of anilines is 1. The van der Waals surface area contributed by atoms with E-state index in [0.717, 1.165) is 61.1 Å². The number of hydrogen-bond acceptors (Lipinski definition) is 5. The van der Waals surface area contributed by atoms with Gasteiger partial charge < -0.3 is 19.7 Å². The summed E-state index contributed by atoms with van der Waals surface area (Å²) in [6, 6.07) is 9.45. The van der Waals surface area contributed by atoms with Crippen LogP contribution in [0.4, 0.5) is 5.69 Å². The van der Waals surface area contributed by atoms with Crippen LogP contribution in [0.25, 0.3) is 17.0 Å². The number of methoxy groups -OCH3 is 1. The van der Waals surface area contributed by atoms with E-state index in [-0.39, 0.29) is 11.8 Å². The molecular formula is C31H36N4O4. The fraction of sp³-hybridized carbons (Fsp3) is 0.387. The first-order valence-corrected chi connectivity index (χ1v) is 13.5. The highest BCUT2D eigenvalue weighted by molar-refractivity contribution is 6.08. The Kier molecular flexibility index (Phi) is 7.21. The van der Waals surface area contributed by atoms with Crippen molar-refractivity contribution in [1.29, 1.82) is 0 Å². The summed E-state index contributed by atoms with van der Waals surface area (Å²) in [7, 11) is 1.56. The van der Waals surface area contributed by atoms with Crippen molar-refractivity contribution in [3.63, 3.8) is 0 Å². The van der Waals surface area contributed by atoms with Gasteiger partial charge in [0.25, 0.3) is 5.91 Å². The van der Waals surface area contributed by atoms with Crippen LogP contribution in [0, 0.1) is 12.8 Å². The molecule has 8 heteroatoms. The topological polar surface area (TPSA) is 85.7 Å². The van der Waals surface area contributed by atoms with Crippen molar-refractivity contribution in [2.24, 2.45) is 5.92 Å². The standard InChI is InChI=1S/C31H36N4O4/c1-6-28(36)34-16-12-21(13-17-34)14-18-35-26-19-22(7-8-23(26)20(2)33-35)32-30(37)25-9-10-27-24(29(25)38-5)11-15-31(3,4)39-27/h6-11,15,19,21H,1,12-14,16-18H2,2-5H3,(H,32,37). The van der Waals surface area contributed by atoms with Crippen LogP contribution < -0.4 is 14.8 Å². The average molecular weight is 529 g/mol. The molecule has 0 saturated carbocycles. The molecule has 39 heavy (non-hydrogen) atoms. The van der Waals surface area contributed by atoms with Crippen LogP contribution in [0.5, 0.6) is 11.5 Å². The molecular weight excluding hydrogens is 492 g/mol. The first-order valence-electron chi connectivity index (χ1n) is 13.5. The largest absolute Gasteiger partial charge is 0.495 e. The summed E-state index contributed by atoms with van der Waals surface area (Å²) >= 11 is 0. The Hall–Kier alpha value is -4.07. The normalized spacial score (nSPS) is 16.5. The zero-order valence-electron chi connectivity index (χ0n) is 23.1. The van der Waals surface area contributed by atoms with Gasteiger partial charge in [-0.2, -0.15) is 5.10 Å². The molecule has 1 fully saturated rings. The second-order valence-corrected chi connectivity index (χ2v) is 10.9. The minimum absolute atomic E-state index is 0.0125. The summed E-state index contributed by atoms with van der Waals surface area (Å²) in [5.74, 6) is 1.48. The lowest BCUT2D eigenvalue weighted by atomic mass is 9.93. The summed E-state index contributed by atoms with van der Waals surface area (Å²) < 4.78 is 13.7.